The van der Waals surface area contributed by atoms with Crippen molar-refractivity contribution < 1.29 is 13.6 Å². The molecule has 1 saturated carbocycles. The van der Waals surface area contributed by atoms with Gasteiger partial charge in [-0.25, -0.2) is 9.37 Å². The molecule has 0 saturated heterocycles. The Hall–Kier alpha value is -2.44. The van der Waals surface area contributed by atoms with E-state index in [4.69, 9.17) is 10.2 Å². The van der Waals surface area contributed by atoms with Crippen molar-refractivity contribution in [1.82, 2.24) is 4.98 Å². The van der Waals surface area contributed by atoms with Gasteiger partial charge in [-0.2, -0.15) is 0 Å². The highest BCUT2D eigenvalue weighted by molar-refractivity contribution is 6.01. The number of hydrogen-bond acceptors (Lipinski definition) is 4. The first kappa shape index (κ1) is 16.4. The third kappa shape index (κ3) is 2.98. The Morgan fingerprint density at radius 2 is 1.92 bits per heavy atom. The molecule has 124 valence electrons. The van der Waals surface area contributed by atoms with Crippen LogP contribution in [0.25, 0.3) is 22.6 Å². The Morgan fingerprint density at radius 3 is 2.58 bits per heavy atom. The van der Waals surface area contributed by atoms with Gasteiger partial charge >= 0.3 is 0 Å². The quantitative estimate of drug-likeness (QED) is 0.760. The highest BCUT2D eigenvalue weighted by atomic mass is 35.5. The van der Waals surface area contributed by atoms with Crippen molar-refractivity contribution in [3.63, 3.8) is 0 Å². The Balaban J connectivity index is 0.00000169. The maximum atomic E-state index is 13.0. The first-order chi connectivity index (χ1) is 11.0. The fraction of sp³-hybridized carbons (Fsp3) is 0.176. The van der Waals surface area contributed by atoms with Crippen LogP contribution in [-0.2, 0) is 4.79 Å². The van der Waals surface area contributed by atoms with Crippen molar-refractivity contribution in [3.05, 3.63) is 48.3 Å². The monoisotopic (exact) mass is 347 g/mol. The van der Waals surface area contributed by atoms with E-state index in [0.29, 0.717) is 41.1 Å². The molecular weight excluding hydrogens is 333 g/mol. The molecule has 0 unspecified atom stereocenters. The van der Waals surface area contributed by atoms with E-state index in [0.717, 1.165) is 0 Å². The molecule has 24 heavy (non-hydrogen) atoms. The van der Waals surface area contributed by atoms with Crippen LogP contribution in [0.5, 0.6) is 0 Å². The smallest absolute Gasteiger partial charge is 0.244 e. The normalized spacial score (nSPS) is 14.9. The molecule has 1 amide bonds. The summed E-state index contributed by atoms with van der Waals surface area (Å²) < 4.78 is 18.7. The minimum absolute atomic E-state index is 0. The molecule has 7 heteroatoms. The summed E-state index contributed by atoms with van der Waals surface area (Å²) in [5.41, 5.74) is 7.65. The van der Waals surface area contributed by atoms with Gasteiger partial charge < -0.3 is 15.5 Å². The number of nitrogens with one attached hydrogen (secondary N) is 1. The number of amides is 1. The van der Waals surface area contributed by atoms with Crippen molar-refractivity contribution in [1.29, 1.82) is 0 Å². The average Bonchev–Trinajstić information content (AvgIpc) is 3.15. The summed E-state index contributed by atoms with van der Waals surface area (Å²) in [5, 5.41) is 2.79. The zero-order valence-electron chi connectivity index (χ0n) is 12.6. The predicted octanol–water partition coefficient (Wildman–Crippen LogP) is 3.49. The van der Waals surface area contributed by atoms with E-state index < -0.39 is 5.54 Å². The number of nitrogens with two attached hydrogens (primary N) is 1. The van der Waals surface area contributed by atoms with Crippen LogP contribution >= 0.6 is 12.4 Å². The summed E-state index contributed by atoms with van der Waals surface area (Å²) >= 11 is 0. The average molecular weight is 348 g/mol. The maximum absolute atomic E-state index is 13.0. The highest BCUT2D eigenvalue weighted by Crippen LogP contribution is 2.34. The van der Waals surface area contributed by atoms with Crippen LogP contribution in [-0.4, -0.2) is 16.4 Å². The Kier molecular flexibility index (Phi) is 4.03. The first-order valence-electron chi connectivity index (χ1n) is 7.30. The second-order valence-electron chi connectivity index (χ2n) is 5.82. The molecule has 1 aliphatic rings. The lowest BCUT2D eigenvalue weighted by molar-refractivity contribution is -0.118. The van der Waals surface area contributed by atoms with E-state index in [-0.39, 0.29) is 24.1 Å². The van der Waals surface area contributed by atoms with E-state index in [1.54, 1.807) is 30.3 Å². The SMILES string of the molecule is Cl.NC1(C(=O)Nc2ccc3nc(-c4ccc(F)cc4)oc3c2)CC1. The third-order valence-corrected chi connectivity index (χ3v) is 3.98. The van der Waals surface area contributed by atoms with Crippen molar-refractivity contribution in [3.8, 4) is 11.5 Å². The number of rotatable bonds is 3. The Bertz CT molecular complexity index is 904. The van der Waals surface area contributed by atoms with Gasteiger partial charge in [-0.15, -0.1) is 12.4 Å². The van der Waals surface area contributed by atoms with Gasteiger partial charge in [0.25, 0.3) is 0 Å². The third-order valence-electron chi connectivity index (χ3n) is 3.98. The number of anilines is 1. The van der Waals surface area contributed by atoms with Gasteiger partial charge in [-0.05, 0) is 49.2 Å². The molecule has 1 aromatic heterocycles. The predicted molar refractivity (Wildman–Crippen MR) is 91.4 cm³/mol. The number of carbonyl (C=O) groups is 1. The van der Waals surface area contributed by atoms with Gasteiger partial charge in [0, 0.05) is 17.3 Å². The van der Waals surface area contributed by atoms with E-state index in [1.165, 1.54) is 12.1 Å². The zero-order valence-corrected chi connectivity index (χ0v) is 13.4. The number of aromatic nitrogens is 1. The number of halogens is 2. The molecule has 0 spiro atoms. The summed E-state index contributed by atoms with van der Waals surface area (Å²) in [6, 6.07) is 11.1. The second-order valence-corrected chi connectivity index (χ2v) is 5.82. The molecule has 3 N–H and O–H groups in total. The Labute approximate surface area is 143 Å². The summed E-state index contributed by atoms with van der Waals surface area (Å²) in [6.45, 7) is 0. The van der Waals surface area contributed by atoms with E-state index in [9.17, 15) is 9.18 Å². The number of hydrogen-bond donors (Lipinski definition) is 2. The van der Waals surface area contributed by atoms with Crippen LogP contribution < -0.4 is 11.1 Å². The maximum Gasteiger partial charge on any atom is 0.244 e. The number of fused-ring (bicyclic) bond motifs is 1. The van der Waals surface area contributed by atoms with Crippen molar-refractivity contribution >= 4 is 35.1 Å². The number of nitrogens with zero attached hydrogens (tertiary/aromatic N) is 1. The zero-order chi connectivity index (χ0) is 16.0. The lowest BCUT2D eigenvalue weighted by Gasteiger charge is -2.09. The minimum atomic E-state index is -0.727. The van der Waals surface area contributed by atoms with Crippen LogP contribution in [0.2, 0.25) is 0 Å². The summed E-state index contributed by atoms with van der Waals surface area (Å²) in [4.78, 5) is 16.3. The summed E-state index contributed by atoms with van der Waals surface area (Å²) in [6.07, 6.45) is 1.41. The number of benzene rings is 2. The molecule has 4 rings (SSSR count). The Morgan fingerprint density at radius 1 is 1.21 bits per heavy atom. The second kappa shape index (κ2) is 5.89. The van der Waals surface area contributed by atoms with Gasteiger partial charge in [-0.1, -0.05) is 0 Å². The molecule has 1 heterocycles. The topological polar surface area (TPSA) is 81.2 Å². The fourth-order valence-corrected chi connectivity index (χ4v) is 2.34. The molecular formula is C17H15ClFN3O2. The van der Waals surface area contributed by atoms with Crippen LogP contribution in [0.4, 0.5) is 10.1 Å². The van der Waals surface area contributed by atoms with Crippen LogP contribution in [0.1, 0.15) is 12.8 Å². The van der Waals surface area contributed by atoms with Gasteiger partial charge in [0.2, 0.25) is 11.8 Å². The first-order valence-corrected chi connectivity index (χ1v) is 7.30. The fourth-order valence-electron chi connectivity index (χ4n) is 2.34. The van der Waals surface area contributed by atoms with Gasteiger partial charge in [0.1, 0.15) is 11.3 Å². The van der Waals surface area contributed by atoms with E-state index >= 15 is 0 Å². The number of carbonyl (C=O) groups excluding carboxylic acids is 1. The molecule has 0 aliphatic heterocycles. The van der Waals surface area contributed by atoms with Crippen molar-refractivity contribution in [2.75, 3.05) is 5.32 Å². The lowest BCUT2D eigenvalue weighted by atomic mass is 10.2. The van der Waals surface area contributed by atoms with E-state index in [1.807, 2.05) is 0 Å². The molecule has 0 radical (unpaired) electrons. The highest BCUT2D eigenvalue weighted by Gasteiger charge is 2.45. The summed E-state index contributed by atoms with van der Waals surface area (Å²) in [5.74, 6) is -0.0956. The molecule has 1 aliphatic carbocycles. The molecule has 5 nitrogen and oxygen atoms in total. The van der Waals surface area contributed by atoms with Crippen LogP contribution in [0.15, 0.2) is 46.9 Å². The van der Waals surface area contributed by atoms with Gasteiger partial charge in [-0.3, -0.25) is 4.79 Å². The standard InChI is InChI=1S/C17H14FN3O2.ClH/c18-11-3-1-10(2-4-11)15-21-13-6-5-12(9-14(13)23-15)20-16(22)17(19)7-8-17;/h1-6,9H,7-8,19H2,(H,20,22);1H. The molecule has 3 aromatic rings. The van der Waals surface area contributed by atoms with Crippen LogP contribution in [0.3, 0.4) is 0 Å². The van der Waals surface area contributed by atoms with Crippen LogP contribution in [0, 0.1) is 5.82 Å². The van der Waals surface area contributed by atoms with Gasteiger partial charge in [0.05, 0.1) is 5.54 Å². The minimum Gasteiger partial charge on any atom is -0.436 e. The van der Waals surface area contributed by atoms with E-state index in [2.05, 4.69) is 10.3 Å². The van der Waals surface area contributed by atoms with Crippen molar-refractivity contribution in [2.45, 2.75) is 18.4 Å². The summed E-state index contributed by atoms with van der Waals surface area (Å²) in [7, 11) is 0. The molecule has 0 bridgehead atoms. The molecule has 2 aromatic carbocycles. The largest absolute Gasteiger partial charge is 0.436 e. The molecule has 0 atom stereocenters. The number of oxazole rings is 1. The lowest BCUT2D eigenvalue weighted by Crippen LogP contribution is -2.37. The van der Waals surface area contributed by atoms with Gasteiger partial charge in [0.15, 0.2) is 5.58 Å². The molecule has 1 fully saturated rings. The van der Waals surface area contributed by atoms with Crippen molar-refractivity contribution in [2.24, 2.45) is 5.73 Å².